The molecule has 0 unspecified atom stereocenters. The van der Waals surface area contributed by atoms with E-state index in [1.165, 1.54) is 24.3 Å². The summed E-state index contributed by atoms with van der Waals surface area (Å²) in [6.07, 6.45) is 4.00. The Balaban J connectivity index is 1.59. The van der Waals surface area contributed by atoms with Crippen LogP contribution in [0.1, 0.15) is 19.3 Å². The Kier molecular flexibility index (Phi) is 4.73. The van der Waals surface area contributed by atoms with Crippen LogP contribution in [0.2, 0.25) is 0 Å². The average molecular weight is 296 g/mol. The van der Waals surface area contributed by atoms with Gasteiger partial charge >= 0.3 is 0 Å². The first-order chi connectivity index (χ1) is 9.83. The summed E-state index contributed by atoms with van der Waals surface area (Å²) in [6, 6.07) is 4.54. The van der Waals surface area contributed by atoms with Gasteiger partial charge in [-0.25, -0.2) is 4.39 Å². The van der Waals surface area contributed by atoms with Gasteiger partial charge < -0.3 is 10.2 Å². The van der Waals surface area contributed by atoms with Gasteiger partial charge in [0, 0.05) is 37.0 Å². The molecule has 2 aliphatic rings. The van der Waals surface area contributed by atoms with Gasteiger partial charge in [0.15, 0.2) is 5.82 Å². The van der Waals surface area contributed by atoms with Gasteiger partial charge in [-0.05, 0) is 30.7 Å². The number of alkyl halides is 1. The second-order valence-corrected chi connectivity index (χ2v) is 6.69. The summed E-state index contributed by atoms with van der Waals surface area (Å²) >= 11 is 2.01. The molecule has 1 aromatic rings. The molecule has 0 saturated carbocycles. The first-order valence-electron chi connectivity index (χ1n) is 7.32. The van der Waals surface area contributed by atoms with Crippen LogP contribution in [0.25, 0.3) is 0 Å². The summed E-state index contributed by atoms with van der Waals surface area (Å²) < 4.78 is 13.8. The van der Waals surface area contributed by atoms with Crippen LogP contribution in [0, 0.1) is 0 Å². The van der Waals surface area contributed by atoms with Crippen LogP contribution in [0.5, 0.6) is 0 Å². The Morgan fingerprint density at radius 1 is 1.50 bits per heavy atom. The molecule has 20 heavy (non-hydrogen) atoms. The summed E-state index contributed by atoms with van der Waals surface area (Å²) in [5.41, 5.74) is 0. The molecule has 0 bridgehead atoms. The predicted molar refractivity (Wildman–Crippen MR) is 81.0 cm³/mol. The molecule has 2 fully saturated rings. The van der Waals surface area contributed by atoms with Gasteiger partial charge in [0.2, 0.25) is 0 Å². The van der Waals surface area contributed by atoms with Crippen LogP contribution in [-0.4, -0.2) is 53.0 Å². The van der Waals surface area contributed by atoms with Crippen LogP contribution in [0.4, 0.5) is 10.2 Å². The molecule has 4 nitrogen and oxygen atoms in total. The minimum atomic E-state index is -0.760. The van der Waals surface area contributed by atoms with E-state index in [2.05, 4.69) is 20.4 Å². The van der Waals surface area contributed by atoms with E-state index in [-0.39, 0.29) is 6.04 Å². The van der Waals surface area contributed by atoms with Crippen LogP contribution in [0.3, 0.4) is 0 Å². The van der Waals surface area contributed by atoms with Crippen LogP contribution >= 0.6 is 11.8 Å². The maximum Gasteiger partial charge on any atom is 0.151 e. The van der Waals surface area contributed by atoms with E-state index in [1.54, 1.807) is 6.20 Å². The molecule has 3 heterocycles. The van der Waals surface area contributed by atoms with E-state index >= 15 is 0 Å². The fourth-order valence-electron chi connectivity index (χ4n) is 2.98. The van der Waals surface area contributed by atoms with E-state index in [4.69, 9.17) is 0 Å². The highest BCUT2D eigenvalue weighted by Crippen LogP contribution is 2.25. The summed E-state index contributed by atoms with van der Waals surface area (Å²) in [5, 5.41) is 11.6. The van der Waals surface area contributed by atoms with Gasteiger partial charge in [0.05, 0.1) is 6.54 Å². The number of halogens is 1. The number of rotatable bonds is 4. The molecule has 0 aromatic carbocycles. The normalized spacial score (nSPS) is 30.6. The lowest BCUT2D eigenvalue weighted by molar-refractivity contribution is 0.352. The second kappa shape index (κ2) is 6.72. The lowest BCUT2D eigenvalue weighted by Gasteiger charge is -2.28. The third-order valence-electron chi connectivity index (χ3n) is 4.02. The monoisotopic (exact) mass is 296 g/mol. The summed E-state index contributed by atoms with van der Waals surface area (Å²) in [6.45, 7) is 1.27. The molecule has 3 atom stereocenters. The fraction of sp³-hybridized carbons (Fsp3) is 0.714. The minimum Gasteiger partial charge on any atom is -0.348 e. The summed E-state index contributed by atoms with van der Waals surface area (Å²) in [5.74, 6) is 3.24. The van der Waals surface area contributed by atoms with Crippen LogP contribution in [0.15, 0.2) is 18.3 Å². The van der Waals surface area contributed by atoms with Crippen molar-refractivity contribution in [3.63, 3.8) is 0 Å². The number of anilines is 1. The van der Waals surface area contributed by atoms with Crippen molar-refractivity contribution in [1.29, 1.82) is 0 Å². The van der Waals surface area contributed by atoms with Crippen molar-refractivity contribution < 1.29 is 4.39 Å². The van der Waals surface area contributed by atoms with E-state index in [9.17, 15) is 4.39 Å². The Morgan fingerprint density at radius 3 is 3.20 bits per heavy atom. The molecule has 0 aliphatic carbocycles. The summed E-state index contributed by atoms with van der Waals surface area (Å²) in [4.78, 5) is 2.06. The number of hydrogen-bond acceptors (Lipinski definition) is 5. The molecule has 1 N–H and O–H groups in total. The predicted octanol–water partition coefficient (Wildman–Crippen LogP) is 1.88. The lowest BCUT2D eigenvalue weighted by atomic mass is 10.1. The lowest BCUT2D eigenvalue weighted by Crippen LogP contribution is -2.43. The molecular formula is C14H21FN4S. The molecule has 0 amide bonds. The highest BCUT2D eigenvalue weighted by molar-refractivity contribution is 7.99. The maximum atomic E-state index is 13.8. The SMILES string of the molecule is F[C@H]1C[C@@H](CN[C@@H]2CCCSC2)N(c2cccnn2)C1. The van der Waals surface area contributed by atoms with E-state index in [0.717, 1.165) is 12.4 Å². The van der Waals surface area contributed by atoms with Gasteiger partial charge in [-0.3, -0.25) is 0 Å². The van der Waals surface area contributed by atoms with Gasteiger partial charge in [0.1, 0.15) is 6.17 Å². The highest BCUT2D eigenvalue weighted by Gasteiger charge is 2.33. The average Bonchev–Trinajstić information content (AvgIpc) is 2.88. The molecule has 6 heteroatoms. The van der Waals surface area contributed by atoms with Crippen molar-refractivity contribution in [1.82, 2.24) is 15.5 Å². The Labute approximate surface area is 123 Å². The molecular weight excluding hydrogens is 275 g/mol. The Morgan fingerprint density at radius 2 is 2.45 bits per heavy atom. The van der Waals surface area contributed by atoms with E-state index in [1.807, 2.05) is 23.9 Å². The van der Waals surface area contributed by atoms with Gasteiger partial charge in [-0.15, -0.1) is 5.10 Å². The quantitative estimate of drug-likeness (QED) is 0.919. The molecule has 0 spiro atoms. The van der Waals surface area contributed by atoms with Crippen molar-refractivity contribution in [3.05, 3.63) is 18.3 Å². The first-order valence-corrected chi connectivity index (χ1v) is 8.48. The Bertz CT molecular complexity index is 413. The van der Waals surface area contributed by atoms with Crippen molar-refractivity contribution in [2.45, 2.75) is 37.5 Å². The largest absolute Gasteiger partial charge is 0.348 e. The third-order valence-corrected chi connectivity index (χ3v) is 5.23. The molecule has 0 radical (unpaired) electrons. The van der Waals surface area contributed by atoms with Crippen LogP contribution in [-0.2, 0) is 0 Å². The van der Waals surface area contributed by atoms with Crippen LogP contribution < -0.4 is 10.2 Å². The Hall–Kier alpha value is -0.880. The second-order valence-electron chi connectivity index (χ2n) is 5.54. The smallest absolute Gasteiger partial charge is 0.151 e. The van der Waals surface area contributed by atoms with Gasteiger partial charge in [0.25, 0.3) is 0 Å². The maximum absolute atomic E-state index is 13.8. The molecule has 3 rings (SSSR count). The number of aromatic nitrogens is 2. The number of hydrogen-bond donors (Lipinski definition) is 1. The topological polar surface area (TPSA) is 41.0 Å². The first kappa shape index (κ1) is 14.1. The molecule has 2 saturated heterocycles. The van der Waals surface area contributed by atoms with E-state index < -0.39 is 6.17 Å². The zero-order valence-electron chi connectivity index (χ0n) is 11.5. The van der Waals surface area contributed by atoms with Crippen molar-refractivity contribution in [2.75, 3.05) is 29.5 Å². The summed E-state index contributed by atoms with van der Waals surface area (Å²) in [7, 11) is 0. The van der Waals surface area contributed by atoms with Gasteiger partial charge in [-0.1, -0.05) is 0 Å². The molecule has 1 aromatic heterocycles. The van der Waals surface area contributed by atoms with Crippen molar-refractivity contribution in [3.8, 4) is 0 Å². The minimum absolute atomic E-state index is 0.189. The molecule has 110 valence electrons. The number of nitrogens with one attached hydrogen (secondary N) is 1. The number of nitrogens with zero attached hydrogens (tertiary/aromatic N) is 3. The van der Waals surface area contributed by atoms with Crippen molar-refractivity contribution in [2.24, 2.45) is 0 Å². The third kappa shape index (κ3) is 3.41. The highest BCUT2D eigenvalue weighted by atomic mass is 32.2. The molecule has 2 aliphatic heterocycles. The fourth-order valence-corrected chi connectivity index (χ4v) is 4.09. The van der Waals surface area contributed by atoms with Gasteiger partial charge in [-0.2, -0.15) is 16.9 Å². The zero-order valence-corrected chi connectivity index (χ0v) is 12.4. The van der Waals surface area contributed by atoms with E-state index in [0.29, 0.717) is 19.0 Å². The number of thioether (sulfide) groups is 1. The zero-order chi connectivity index (χ0) is 13.8. The van der Waals surface area contributed by atoms with Crippen molar-refractivity contribution >= 4 is 17.6 Å². The standard InChI is InChI=1S/C14H21FN4S/c15-11-7-13(8-16-12-3-2-6-20-10-12)19(9-11)14-4-1-5-17-18-14/h1,4-5,11-13,16H,2-3,6-10H2/t11-,12+,13-/m0/s1.